The van der Waals surface area contributed by atoms with Gasteiger partial charge in [-0.05, 0) is 24.8 Å². The van der Waals surface area contributed by atoms with E-state index in [2.05, 4.69) is 0 Å². The topological polar surface area (TPSA) is 63.3 Å². The summed E-state index contributed by atoms with van der Waals surface area (Å²) in [6.45, 7) is 1.86. The highest BCUT2D eigenvalue weighted by Crippen LogP contribution is 2.15. The molecular formula is C12H17NO2. The summed E-state index contributed by atoms with van der Waals surface area (Å²) in [5.74, 6) is -0.780. The van der Waals surface area contributed by atoms with Crippen LogP contribution in [0.15, 0.2) is 30.3 Å². The van der Waals surface area contributed by atoms with E-state index in [1.165, 1.54) is 0 Å². The number of hydrogen-bond donors (Lipinski definition) is 2. The van der Waals surface area contributed by atoms with E-state index in [1.54, 1.807) is 0 Å². The number of hydrogen-bond acceptors (Lipinski definition) is 2. The van der Waals surface area contributed by atoms with Crippen molar-refractivity contribution >= 4 is 5.97 Å². The van der Waals surface area contributed by atoms with E-state index < -0.39 is 5.97 Å². The Hall–Kier alpha value is -1.35. The smallest absolute Gasteiger partial charge is 0.303 e. The molecule has 0 aliphatic rings. The molecule has 3 N–H and O–H groups in total. The molecule has 2 atom stereocenters. The highest BCUT2D eigenvalue weighted by atomic mass is 16.4. The van der Waals surface area contributed by atoms with E-state index in [9.17, 15) is 4.79 Å². The van der Waals surface area contributed by atoms with Crippen LogP contribution in [-0.2, 0) is 11.2 Å². The molecule has 0 fully saturated rings. The third kappa shape index (κ3) is 4.13. The van der Waals surface area contributed by atoms with Gasteiger partial charge in [0, 0.05) is 12.5 Å². The summed E-state index contributed by atoms with van der Waals surface area (Å²) in [5, 5.41) is 8.76. The fraction of sp³-hybridized carbons (Fsp3) is 0.417. The Bertz CT molecular complexity index is 309. The molecule has 0 aromatic heterocycles. The molecule has 82 valence electrons. The predicted molar refractivity (Wildman–Crippen MR) is 59.5 cm³/mol. The molecule has 1 rings (SSSR count). The Morgan fingerprint density at radius 1 is 1.40 bits per heavy atom. The van der Waals surface area contributed by atoms with Gasteiger partial charge < -0.3 is 10.8 Å². The third-order valence-corrected chi connectivity index (χ3v) is 2.52. The van der Waals surface area contributed by atoms with Crippen molar-refractivity contribution in [1.82, 2.24) is 0 Å². The number of carboxylic acid groups (broad SMARTS) is 1. The first-order chi connectivity index (χ1) is 7.09. The van der Waals surface area contributed by atoms with Gasteiger partial charge in [-0.15, -0.1) is 0 Å². The van der Waals surface area contributed by atoms with E-state index in [-0.39, 0.29) is 18.4 Å². The molecule has 0 bridgehead atoms. The normalized spacial score (nSPS) is 14.5. The van der Waals surface area contributed by atoms with Crippen LogP contribution < -0.4 is 5.73 Å². The number of rotatable bonds is 5. The van der Waals surface area contributed by atoms with E-state index in [4.69, 9.17) is 10.8 Å². The van der Waals surface area contributed by atoms with Gasteiger partial charge in [-0.1, -0.05) is 30.3 Å². The average molecular weight is 207 g/mol. The van der Waals surface area contributed by atoms with Crippen LogP contribution in [0.5, 0.6) is 0 Å². The zero-order chi connectivity index (χ0) is 11.3. The summed E-state index contributed by atoms with van der Waals surface area (Å²) in [5.41, 5.74) is 6.91. The van der Waals surface area contributed by atoms with Crippen molar-refractivity contribution in [3.05, 3.63) is 35.9 Å². The summed E-state index contributed by atoms with van der Waals surface area (Å²) in [7, 11) is 0. The van der Waals surface area contributed by atoms with Gasteiger partial charge in [0.05, 0.1) is 0 Å². The fourth-order valence-corrected chi connectivity index (χ4v) is 1.59. The van der Waals surface area contributed by atoms with Gasteiger partial charge in [0.15, 0.2) is 0 Å². The van der Waals surface area contributed by atoms with Crippen LogP contribution in [0.3, 0.4) is 0 Å². The lowest BCUT2D eigenvalue weighted by atomic mass is 9.91. The molecule has 0 radical (unpaired) electrons. The van der Waals surface area contributed by atoms with E-state index in [0.29, 0.717) is 0 Å². The lowest BCUT2D eigenvalue weighted by Crippen LogP contribution is -2.30. The van der Waals surface area contributed by atoms with E-state index in [0.717, 1.165) is 12.0 Å². The van der Waals surface area contributed by atoms with Crippen LogP contribution in [0, 0.1) is 5.92 Å². The van der Waals surface area contributed by atoms with E-state index >= 15 is 0 Å². The zero-order valence-electron chi connectivity index (χ0n) is 8.89. The molecular weight excluding hydrogens is 190 g/mol. The summed E-state index contributed by atoms with van der Waals surface area (Å²) in [6, 6.07) is 9.75. The van der Waals surface area contributed by atoms with Crippen molar-refractivity contribution in [3.63, 3.8) is 0 Å². The Kier molecular flexibility index (Phi) is 4.31. The highest BCUT2D eigenvalue weighted by molar-refractivity contribution is 5.67. The SMILES string of the molecule is CC(N)C(CC(=O)O)Cc1ccccc1. The molecule has 0 heterocycles. The van der Waals surface area contributed by atoms with Gasteiger partial charge in [0.25, 0.3) is 0 Å². The van der Waals surface area contributed by atoms with Crippen molar-refractivity contribution < 1.29 is 9.90 Å². The Morgan fingerprint density at radius 2 is 2.00 bits per heavy atom. The van der Waals surface area contributed by atoms with Crippen molar-refractivity contribution in [2.75, 3.05) is 0 Å². The van der Waals surface area contributed by atoms with Crippen LogP contribution in [0.4, 0.5) is 0 Å². The number of carbonyl (C=O) groups is 1. The minimum atomic E-state index is -0.784. The highest BCUT2D eigenvalue weighted by Gasteiger charge is 2.17. The first-order valence-electron chi connectivity index (χ1n) is 5.11. The molecule has 0 amide bonds. The molecule has 1 aromatic rings. The Balaban J connectivity index is 2.63. The maximum Gasteiger partial charge on any atom is 0.303 e. The van der Waals surface area contributed by atoms with Crippen LogP contribution in [0.1, 0.15) is 18.9 Å². The Morgan fingerprint density at radius 3 is 2.47 bits per heavy atom. The van der Waals surface area contributed by atoms with Crippen LogP contribution in [-0.4, -0.2) is 17.1 Å². The fourth-order valence-electron chi connectivity index (χ4n) is 1.59. The molecule has 15 heavy (non-hydrogen) atoms. The third-order valence-electron chi connectivity index (χ3n) is 2.52. The van der Waals surface area contributed by atoms with Gasteiger partial charge in [-0.3, -0.25) is 4.79 Å². The minimum absolute atomic E-state index is 0.00454. The van der Waals surface area contributed by atoms with Crippen molar-refractivity contribution in [2.45, 2.75) is 25.8 Å². The molecule has 1 aromatic carbocycles. The lowest BCUT2D eigenvalue weighted by molar-refractivity contribution is -0.138. The number of benzene rings is 1. The van der Waals surface area contributed by atoms with Crippen molar-refractivity contribution in [2.24, 2.45) is 11.7 Å². The van der Waals surface area contributed by atoms with Crippen molar-refractivity contribution in [3.8, 4) is 0 Å². The van der Waals surface area contributed by atoms with Crippen LogP contribution in [0.2, 0.25) is 0 Å². The maximum atomic E-state index is 10.6. The standard InChI is InChI=1S/C12H17NO2/c1-9(13)11(8-12(14)15)7-10-5-3-2-4-6-10/h2-6,9,11H,7-8,13H2,1H3,(H,14,15). The monoisotopic (exact) mass is 207 g/mol. The number of carboxylic acids is 1. The molecule has 3 heteroatoms. The van der Waals surface area contributed by atoms with Gasteiger partial charge in [-0.2, -0.15) is 0 Å². The van der Waals surface area contributed by atoms with Gasteiger partial charge in [0.1, 0.15) is 0 Å². The number of nitrogens with two attached hydrogens (primary N) is 1. The molecule has 2 unspecified atom stereocenters. The second-order valence-electron chi connectivity index (χ2n) is 3.91. The summed E-state index contributed by atoms with van der Waals surface area (Å²) in [4.78, 5) is 10.6. The molecule has 0 saturated carbocycles. The first-order valence-corrected chi connectivity index (χ1v) is 5.11. The Labute approximate surface area is 89.9 Å². The lowest BCUT2D eigenvalue weighted by Gasteiger charge is -2.18. The van der Waals surface area contributed by atoms with Gasteiger partial charge in [0.2, 0.25) is 0 Å². The molecule has 0 aliphatic carbocycles. The van der Waals surface area contributed by atoms with Crippen LogP contribution in [0.25, 0.3) is 0 Å². The van der Waals surface area contributed by atoms with Gasteiger partial charge >= 0.3 is 5.97 Å². The second-order valence-corrected chi connectivity index (χ2v) is 3.91. The van der Waals surface area contributed by atoms with E-state index in [1.807, 2.05) is 37.3 Å². The zero-order valence-corrected chi connectivity index (χ0v) is 8.89. The summed E-state index contributed by atoms with van der Waals surface area (Å²) < 4.78 is 0. The van der Waals surface area contributed by atoms with Crippen molar-refractivity contribution in [1.29, 1.82) is 0 Å². The van der Waals surface area contributed by atoms with Gasteiger partial charge in [-0.25, -0.2) is 0 Å². The largest absolute Gasteiger partial charge is 0.481 e. The maximum absolute atomic E-state index is 10.6. The molecule has 3 nitrogen and oxygen atoms in total. The molecule has 0 saturated heterocycles. The summed E-state index contributed by atoms with van der Waals surface area (Å²) in [6.07, 6.45) is 0.858. The molecule has 0 spiro atoms. The molecule has 0 aliphatic heterocycles. The average Bonchev–Trinajstić information content (AvgIpc) is 2.17. The van der Waals surface area contributed by atoms with Crippen LogP contribution >= 0.6 is 0 Å². The quantitative estimate of drug-likeness (QED) is 0.772. The first kappa shape index (κ1) is 11.7. The summed E-state index contributed by atoms with van der Waals surface area (Å²) >= 11 is 0. The second kappa shape index (κ2) is 5.51. The number of aliphatic carboxylic acids is 1. The minimum Gasteiger partial charge on any atom is -0.481 e. The predicted octanol–water partition coefficient (Wildman–Crippen LogP) is 1.67.